The number of hydrogen-bond donors (Lipinski definition) is 2. The summed E-state index contributed by atoms with van der Waals surface area (Å²) in [6, 6.07) is 0. The van der Waals surface area contributed by atoms with Gasteiger partial charge in [-0.2, -0.15) is 0 Å². The zero-order valence-electron chi connectivity index (χ0n) is 7.31. The van der Waals surface area contributed by atoms with Gasteiger partial charge in [0.15, 0.2) is 5.82 Å². The second-order valence-corrected chi connectivity index (χ2v) is 2.56. The van der Waals surface area contributed by atoms with E-state index in [9.17, 15) is 17.6 Å². The van der Waals surface area contributed by atoms with Gasteiger partial charge in [0.2, 0.25) is 5.88 Å². The Bertz CT molecular complexity index is 366. The highest BCUT2D eigenvalue weighted by Gasteiger charge is 2.33. The van der Waals surface area contributed by atoms with Crippen molar-refractivity contribution in [3.8, 4) is 5.88 Å². The Morgan fingerprint density at radius 2 is 2.00 bits per heavy atom. The van der Waals surface area contributed by atoms with Crippen LogP contribution in [-0.4, -0.2) is 11.3 Å². The molecule has 1 rings (SSSR count). The minimum Gasteiger partial charge on any atom is -0.395 e. The van der Waals surface area contributed by atoms with Crippen LogP contribution in [-0.2, 0) is 6.54 Å². The summed E-state index contributed by atoms with van der Waals surface area (Å²) in [5.74, 6) is -1.97. The van der Waals surface area contributed by atoms with Crippen LogP contribution < -0.4 is 16.2 Å². The Labute approximate surface area is 81.8 Å². The molecule has 0 bridgehead atoms. The number of anilines is 1. The van der Waals surface area contributed by atoms with Gasteiger partial charge in [-0.1, -0.05) is 0 Å². The predicted molar refractivity (Wildman–Crippen MR) is 43.2 cm³/mol. The highest BCUT2D eigenvalue weighted by molar-refractivity contribution is 5.44. The fourth-order valence-electron chi connectivity index (χ4n) is 0.905. The number of nitrogens with two attached hydrogens (primary N) is 2. The van der Waals surface area contributed by atoms with Gasteiger partial charge < -0.3 is 16.2 Å². The van der Waals surface area contributed by atoms with E-state index < -0.39 is 30.2 Å². The normalized spacial score (nSPS) is 11.5. The molecule has 1 heterocycles. The van der Waals surface area contributed by atoms with E-state index in [0.29, 0.717) is 0 Å². The first kappa shape index (κ1) is 11.5. The van der Waals surface area contributed by atoms with Crippen molar-refractivity contribution >= 4 is 5.69 Å². The van der Waals surface area contributed by atoms with Crippen molar-refractivity contribution in [2.45, 2.75) is 12.9 Å². The van der Waals surface area contributed by atoms with Crippen molar-refractivity contribution in [3.63, 3.8) is 0 Å². The number of nitrogen functional groups attached to an aromatic ring is 1. The standard InChI is InChI=1S/C7H7F4N3O/c8-5-3(1-12)6(14-2-4(5)13)15-7(9,10)11/h2H,1,12-13H2. The average Bonchev–Trinajstić information content (AvgIpc) is 2.10. The highest BCUT2D eigenvalue weighted by Crippen LogP contribution is 2.27. The van der Waals surface area contributed by atoms with Crippen molar-refractivity contribution in [3.05, 3.63) is 17.6 Å². The molecule has 1 aromatic rings. The monoisotopic (exact) mass is 225 g/mol. The van der Waals surface area contributed by atoms with E-state index in [1.165, 1.54) is 0 Å². The lowest BCUT2D eigenvalue weighted by Crippen LogP contribution is -2.20. The molecule has 0 aliphatic rings. The molecule has 15 heavy (non-hydrogen) atoms. The van der Waals surface area contributed by atoms with Crippen LogP contribution in [0.5, 0.6) is 5.88 Å². The number of rotatable bonds is 2. The summed E-state index contributed by atoms with van der Waals surface area (Å²) in [5.41, 5.74) is 9.26. The Hall–Kier alpha value is -1.57. The van der Waals surface area contributed by atoms with E-state index in [-0.39, 0.29) is 5.69 Å². The molecule has 0 aromatic carbocycles. The fraction of sp³-hybridized carbons (Fsp3) is 0.286. The summed E-state index contributed by atoms with van der Waals surface area (Å²) in [4.78, 5) is 3.21. The third-order valence-corrected chi connectivity index (χ3v) is 1.51. The van der Waals surface area contributed by atoms with Crippen LogP contribution in [0, 0.1) is 5.82 Å². The van der Waals surface area contributed by atoms with Crippen molar-refractivity contribution < 1.29 is 22.3 Å². The van der Waals surface area contributed by atoms with E-state index in [0.717, 1.165) is 6.20 Å². The number of aromatic nitrogens is 1. The van der Waals surface area contributed by atoms with Crippen molar-refractivity contribution in [1.29, 1.82) is 0 Å². The quantitative estimate of drug-likeness (QED) is 0.740. The minimum atomic E-state index is -4.94. The molecular weight excluding hydrogens is 218 g/mol. The molecule has 0 saturated heterocycles. The number of ether oxygens (including phenoxy) is 1. The van der Waals surface area contributed by atoms with E-state index in [1.54, 1.807) is 0 Å². The molecule has 8 heteroatoms. The van der Waals surface area contributed by atoms with Gasteiger partial charge in [-0.05, 0) is 0 Å². The molecule has 0 aliphatic heterocycles. The summed E-state index contributed by atoms with van der Waals surface area (Å²) in [6.07, 6.45) is -4.21. The van der Waals surface area contributed by atoms with Crippen LogP contribution in [0.4, 0.5) is 23.2 Å². The van der Waals surface area contributed by atoms with Crippen molar-refractivity contribution in [2.75, 3.05) is 5.73 Å². The molecule has 0 saturated carbocycles. The van der Waals surface area contributed by atoms with Crippen molar-refractivity contribution in [1.82, 2.24) is 4.98 Å². The Morgan fingerprint density at radius 3 is 2.47 bits per heavy atom. The number of halogens is 4. The Morgan fingerprint density at radius 1 is 1.40 bits per heavy atom. The van der Waals surface area contributed by atoms with Crippen LogP contribution >= 0.6 is 0 Å². The zero-order chi connectivity index (χ0) is 11.6. The number of pyridine rings is 1. The van der Waals surface area contributed by atoms with Crippen LogP contribution in [0.1, 0.15) is 5.56 Å². The molecule has 0 radical (unpaired) electrons. The van der Waals surface area contributed by atoms with Crippen LogP contribution in [0.3, 0.4) is 0 Å². The summed E-state index contributed by atoms with van der Waals surface area (Å²) in [5, 5.41) is 0. The van der Waals surface area contributed by atoms with Gasteiger partial charge in [-0.3, -0.25) is 0 Å². The Kier molecular flexibility index (Phi) is 2.98. The van der Waals surface area contributed by atoms with Crippen LogP contribution in [0.25, 0.3) is 0 Å². The second-order valence-electron chi connectivity index (χ2n) is 2.56. The van der Waals surface area contributed by atoms with E-state index in [4.69, 9.17) is 11.5 Å². The van der Waals surface area contributed by atoms with Gasteiger partial charge in [0.25, 0.3) is 0 Å². The lowest BCUT2D eigenvalue weighted by molar-refractivity contribution is -0.276. The number of alkyl halides is 3. The van der Waals surface area contributed by atoms with Gasteiger partial charge in [0.05, 0.1) is 17.4 Å². The first-order valence-corrected chi connectivity index (χ1v) is 3.74. The smallest absolute Gasteiger partial charge is 0.395 e. The largest absolute Gasteiger partial charge is 0.574 e. The lowest BCUT2D eigenvalue weighted by Gasteiger charge is -2.12. The minimum absolute atomic E-state index is 0.384. The predicted octanol–water partition coefficient (Wildman–Crippen LogP) is 1.16. The molecule has 0 amide bonds. The topological polar surface area (TPSA) is 74.2 Å². The molecule has 0 aliphatic carbocycles. The molecule has 4 nitrogen and oxygen atoms in total. The van der Waals surface area contributed by atoms with Gasteiger partial charge in [-0.15, -0.1) is 13.2 Å². The molecule has 1 aromatic heterocycles. The van der Waals surface area contributed by atoms with Crippen LogP contribution in [0.2, 0.25) is 0 Å². The van der Waals surface area contributed by atoms with Crippen molar-refractivity contribution in [2.24, 2.45) is 5.73 Å². The maximum Gasteiger partial charge on any atom is 0.574 e. The van der Waals surface area contributed by atoms with Gasteiger partial charge in [-0.25, -0.2) is 9.37 Å². The molecule has 84 valence electrons. The molecule has 0 atom stereocenters. The molecule has 0 unspecified atom stereocenters. The SMILES string of the molecule is NCc1c(OC(F)(F)F)ncc(N)c1F. The number of nitrogens with zero attached hydrogens (tertiary/aromatic N) is 1. The maximum absolute atomic E-state index is 13.1. The van der Waals surface area contributed by atoms with E-state index in [2.05, 4.69) is 9.72 Å². The lowest BCUT2D eigenvalue weighted by atomic mass is 10.2. The van der Waals surface area contributed by atoms with Crippen LogP contribution in [0.15, 0.2) is 6.20 Å². The first-order chi connectivity index (χ1) is 6.85. The summed E-state index contributed by atoms with van der Waals surface area (Å²) >= 11 is 0. The number of hydrogen-bond acceptors (Lipinski definition) is 4. The summed E-state index contributed by atoms with van der Waals surface area (Å²) in [7, 11) is 0. The highest BCUT2D eigenvalue weighted by atomic mass is 19.4. The second kappa shape index (κ2) is 3.89. The van der Waals surface area contributed by atoms with Gasteiger partial charge in [0, 0.05) is 6.54 Å². The average molecular weight is 225 g/mol. The fourth-order valence-corrected chi connectivity index (χ4v) is 0.905. The zero-order valence-corrected chi connectivity index (χ0v) is 7.31. The van der Waals surface area contributed by atoms with E-state index in [1.807, 2.05) is 0 Å². The van der Waals surface area contributed by atoms with Gasteiger partial charge >= 0.3 is 6.36 Å². The summed E-state index contributed by atoms with van der Waals surface area (Å²) in [6.45, 7) is -0.491. The molecule has 0 fully saturated rings. The third-order valence-electron chi connectivity index (χ3n) is 1.51. The van der Waals surface area contributed by atoms with E-state index >= 15 is 0 Å². The van der Waals surface area contributed by atoms with Gasteiger partial charge in [0.1, 0.15) is 0 Å². The molecule has 0 spiro atoms. The summed E-state index contributed by atoms with van der Waals surface area (Å²) < 4.78 is 52.1. The maximum atomic E-state index is 13.1. The molecule has 4 N–H and O–H groups in total. The Balaban J connectivity index is 3.14. The first-order valence-electron chi connectivity index (χ1n) is 3.74. The third kappa shape index (κ3) is 2.69. The molecular formula is C7H7F4N3O.